The lowest BCUT2D eigenvalue weighted by Crippen LogP contribution is -3.15. The summed E-state index contributed by atoms with van der Waals surface area (Å²) in [6.07, 6.45) is 2.17. The zero-order valence-electron chi connectivity index (χ0n) is 16.7. The molecule has 0 atom stereocenters. The lowest BCUT2D eigenvalue weighted by molar-refractivity contribution is -0.896. The van der Waals surface area contributed by atoms with Crippen molar-refractivity contribution >= 4 is 15.9 Å². The Bertz CT molecular complexity index is 778. The molecule has 2 saturated heterocycles. The molecule has 27 heavy (non-hydrogen) atoms. The van der Waals surface area contributed by atoms with Gasteiger partial charge in [0.25, 0.3) is 5.91 Å². The highest BCUT2D eigenvalue weighted by molar-refractivity contribution is 7.89. The fourth-order valence-electron chi connectivity index (χ4n) is 3.93. The van der Waals surface area contributed by atoms with Gasteiger partial charge in [-0.2, -0.15) is 4.31 Å². The van der Waals surface area contributed by atoms with Gasteiger partial charge < -0.3 is 9.80 Å². The number of carbonyl (C=O) groups excluding carboxylic acids is 1. The fourth-order valence-corrected chi connectivity index (χ4v) is 5.68. The van der Waals surface area contributed by atoms with Gasteiger partial charge in [0.1, 0.15) is 0 Å². The lowest BCUT2D eigenvalue weighted by atomic mass is 9.99. The molecule has 2 aliphatic rings. The van der Waals surface area contributed by atoms with E-state index in [1.807, 2.05) is 30.9 Å². The summed E-state index contributed by atoms with van der Waals surface area (Å²) in [4.78, 5) is 16.1. The third kappa shape index (κ3) is 4.70. The van der Waals surface area contributed by atoms with Gasteiger partial charge in [-0.15, -0.1) is 0 Å². The smallest absolute Gasteiger partial charge is 0.277 e. The summed E-state index contributed by atoms with van der Waals surface area (Å²) in [5, 5.41) is 0. The molecule has 0 bridgehead atoms. The number of likely N-dealkylation sites (tertiary alicyclic amines) is 1. The number of benzene rings is 1. The summed E-state index contributed by atoms with van der Waals surface area (Å²) in [6.45, 7) is 10.5. The van der Waals surface area contributed by atoms with Crippen LogP contribution in [0.25, 0.3) is 0 Å². The molecule has 0 aromatic heterocycles. The van der Waals surface area contributed by atoms with Crippen molar-refractivity contribution in [3.63, 3.8) is 0 Å². The highest BCUT2D eigenvalue weighted by Gasteiger charge is 2.33. The van der Waals surface area contributed by atoms with Crippen LogP contribution < -0.4 is 4.90 Å². The molecule has 1 N–H and O–H groups in total. The highest BCUT2D eigenvalue weighted by Crippen LogP contribution is 2.21. The third-order valence-electron chi connectivity index (χ3n) is 5.93. The Hall–Kier alpha value is -1.44. The number of nitrogens with zero attached hydrogens (tertiary/aromatic N) is 2. The van der Waals surface area contributed by atoms with Gasteiger partial charge in [0.2, 0.25) is 10.0 Å². The first-order chi connectivity index (χ1) is 12.8. The first-order valence-corrected chi connectivity index (χ1v) is 11.4. The second-order valence-electron chi connectivity index (χ2n) is 8.16. The van der Waals surface area contributed by atoms with Gasteiger partial charge in [-0.1, -0.05) is 19.1 Å². The Balaban J connectivity index is 1.57. The Morgan fingerprint density at radius 2 is 1.74 bits per heavy atom. The molecule has 1 aromatic carbocycles. The van der Waals surface area contributed by atoms with Crippen LogP contribution in [0, 0.1) is 19.8 Å². The fraction of sp³-hybridized carbons (Fsp3) is 0.650. The van der Waals surface area contributed by atoms with Crippen molar-refractivity contribution in [1.29, 1.82) is 0 Å². The number of amides is 1. The summed E-state index contributed by atoms with van der Waals surface area (Å²) in [5.74, 6) is 0.919. The van der Waals surface area contributed by atoms with Gasteiger partial charge in [0.15, 0.2) is 6.54 Å². The van der Waals surface area contributed by atoms with Gasteiger partial charge >= 0.3 is 0 Å². The van der Waals surface area contributed by atoms with E-state index >= 15 is 0 Å². The molecule has 0 unspecified atom stereocenters. The minimum Gasteiger partial charge on any atom is -0.338 e. The zero-order valence-corrected chi connectivity index (χ0v) is 17.5. The molecule has 6 nitrogen and oxygen atoms in total. The minimum atomic E-state index is -3.47. The average Bonchev–Trinajstić information content (AvgIpc) is 2.64. The second-order valence-corrected chi connectivity index (χ2v) is 10.1. The highest BCUT2D eigenvalue weighted by atomic mass is 32.2. The van der Waals surface area contributed by atoms with Crippen molar-refractivity contribution in [2.75, 3.05) is 45.8 Å². The van der Waals surface area contributed by atoms with Gasteiger partial charge in [0, 0.05) is 13.1 Å². The number of hydrogen-bond acceptors (Lipinski definition) is 3. The van der Waals surface area contributed by atoms with Crippen molar-refractivity contribution < 1.29 is 18.1 Å². The number of rotatable bonds is 4. The monoisotopic (exact) mass is 394 g/mol. The van der Waals surface area contributed by atoms with Gasteiger partial charge in [0.05, 0.1) is 31.1 Å². The van der Waals surface area contributed by atoms with Gasteiger partial charge in [-0.3, -0.25) is 4.79 Å². The summed E-state index contributed by atoms with van der Waals surface area (Å²) in [5.41, 5.74) is 1.73. The molecule has 0 saturated carbocycles. The molecule has 2 heterocycles. The molecule has 0 spiro atoms. The molecular formula is C20H32N3O3S+. The van der Waals surface area contributed by atoms with E-state index < -0.39 is 10.0 Å². The molecule has 2 aliphatic heterocycles. The van der Waals surface area contributed by atoms with E-state index in [0.29, 0.717) is 43.5 Å². The summed E-state index contributed by atoms with van der Waals surface area (Å²) < 4.78 is 27.6. The maximum absolute atomic E-state index is 13.0. The number of hydrogen-bond donors (Lipinski definition) is 1. The second kappa shape index (κ2) is 8.29. The Kier molecular flexibility index (Phi) is 6.23. The molecule has 1 amide bonds. The number of carbonyl (C=O) groups is 1. The number of quaternary nitrogens is 1. The van der Waals surface area contributed by atoms with E-state index in [4.69, 9.17) is 0 Å². The van der Waals surface area contributed by atoms with Crippen LogP contribution in [0.2, 0.25) is 0 Å². The summed E-state index contributed by atoms with van der Waals surface area (Å²) in [6, 6.07) is 5.55. The number of aryl methyl sites for hydroxylation is 2. The predicted octanol–water partition coefficient (Wildman–Crippen LogP) is 0.451. The van der Waals surface area contributed by atoms with Gasteiger partial charge in [-0.05, 0) is 49.8 Å². The van der Waals surface area contributed by atoms with Gasteiger partial charge in [-0.25, -0.2) is 8.42 Å². The normalized spacial score (nSPS) is 20.8. The lowest BCUT2D eigenvalue weighted by Gasteiger charge is -2.34. The molecule has 3 rings (SSSR count). The van der Waals surface area contributed by atoms with E-state index in [2.05, 4.69) is 6.92 Å². The minimum absolute atomic E-state index is 0.211. The third-order valence-corrected chi connectivity index (χ3v) is 7.97. The number of piperidine rings is 1. The summed E-state index contributed by atoms with van der Waals surface area (Å²) in [7, 11) is -3.47. The first kappa shape index (κ1) is 20.3. The Morgan fingerprint density at radius 3 is 2.37 bits per heavy atom. The molecule has 150 valence electrons. The van der Waals surface area contributed by atoms with Crippen molar-refractivity contribution in [2.45, 2.75) is 38.5 Å². The SMILES string of the molecule is Cc1ccc(C)c(S(=O)(=O)N2CC[NH+](CC(=O)N3CCC(C)CC3)CC2)c1. The quantitative estimate of drug-likeness (QED) is 0.807. The van der Waals surface area contributed by atoms with E-state index in [-0.39, 0.29) is 5.91 Å². The zero-order chi connectivity index (χ0) is 19.6. The van der Waals surface area contributed by atoms with Crippen LogP contribution in [-0.4, -0.2) is 69.3 Å². The van der Waals surface area contributed by atoms with E-state index in [1.54, 1.807) is 10.4 Å². The molecule has 2 fully saturated rings. The van der Waals surface area contributed by atoms with Crippen LogP contribution in [0.5, 0.6) is 0 Å². The van der Waals surface area contributed by atoms with Crippen molar-refractivity contribution in [1.82, 2.24) is 9.21 Å². The molecule has 1 aromatic rings. The standard InChI is InChI=1S/C20H31N3O3S/c1-16-6-8-22(9-7-16)20(24)15-21-10-12-23(13-11-21)27(25,26)19-14-17(2)4-5-18(19)3/h4-5,14,16H,6-13,15H2,1-3H3/p+1. The van der Waals surface area contributed by atoms with Crippen molar-refractivity contribution in [2.24, 2.45) is 5.92 Å². The Labute approximate surface area is 163 Å². The van der Waals surface area contributed by atoms with Crippen LogP contribution >= 0.6 is 0 Å². The molecule has 7 heteroatoms. The maximum Gasteiger partial charge on any atom is 0.277 e. The van der Waals surface area contributed by atoms with E-state index in [9.17, 15) is 13.2 Å². The number of sulfonamides is 1. The van der Waals surface area contributed by atoms with Crippen LogP contribution in [0.1, 0.15) is 30.9 Å². The number of nitrogens with one attached hydrogen (secondary N) is 1. The van der Waals surface area contributed by atoms with Crippen LogP contribution in [-0.2, 0) is 14.8 Å². The van der Waals surface area contributed by atoms with Crippen molar-refractivity contribution in [3.8, 4) is 0 Å². The summed E-state index contributed by atoms with van der Waals surface area (Å²) >= 11 is 0. The Morgan fingerprint density at radius 1 is 1.11 bits per heavy atom. The van der Waals surface area contributed by atoms with E-state index in [1.165, 1.54) is 4.90 Å². The number of piperazine rings is 1. The molecular weight excluding hydrogens is 362 g/mol. The first-order valence-electron chi connectivity index (χ1n) is 9.96. The maximum atomic E-state index is 13.0. The van der Waals surface area contributed by atoms with Crippen LogP contribution in [0.3, 0.4) is 0 Å². The average molecular weight is 395 g/mol. The van der Waals surface area contributed by atoms with Crippen LogP contribution in [0.4, 0.5) is 0 Å². The topological polar surface area (TPSA) is 62.1 Å². The van der Waals surface area contributed by atoms with Crippen molar-refractivity contribution in [3.05, 3.63) is 29.3 Å². The molecule has 0 aliphatic carbocycles. The predicted molar refractivity (Wildman–Crippen MR) is 105 cm³/mol. The van der Waals surface area contributed by atoms with E-state index in [0.717, 1.165) is 37.1 Å². The molecule has 0 radical (unpaired) electrons. The van der Waals surface area contributed by atoms with Crippen LogP contribution in [0.15, 0.2) is 23.1 Å². The largest absolute Gasteiger partial charge is 0.338 e.